The number of likely N-dealkylation sites (tertiary alicyclic amines) is 1. The van der Waals surface area contributed by atoms with Crippen molar-refractivity contribution >= 4 is 17.3 Å². The van der Waals surface area contributed by atoms with Gasteiger partial charge in [0, 0.05) is 25.0 Å². The van der Waals surface area contributed by atoms with Crippen molar-refractivity contribution < 1.29 is 19.7 Å². The highest BCUT2D eigenvalue weighted by Crippen LogP contribution is 2.21. The van der Waals surface area contributed by atoms with Crippen LogP contribution in [-0.4, -0.2) is 51.4 Å². The van der Waals surface area contributed by atoms with Gasteiger partial charge in [0.25, 0.3) is 0 Å². The Morgan fingerprint density at radius 1 is 1.39 bits per heavy atom. The molecule has 0 spiro atoms. The zero-order chi connectivity index (χ0) is 16.4. The SMILES string of the molecule is Cc1nc(CN2C[C@@H](O)[C@H](Oc3ccc(C(=O)O)cc3)C2)cs1. The fourth-order valence-corrected chi connectivity index (χ4v) is 3.24. The van der Waals surface area contributed by atoms with Gasteiger partial charge in [-0.25, -0.2) is 9.78 Å². The number of aliphatic hydroxyl groups excluding tert-OH is 1. The Balaban J connectivity index is 1.59. The number of aromatic nitrogens is 1. The number of aliphatic hydroxyl groups is 1. The lowest BCUT2D eigenvalue weighted by atomic mass is 10.2. The van der Waals surface area contributed by atoms with E-state index in [-0.39, 0.29) is 11.7 Å². The maximum absolute atomic E-state index is 10.8. The van der Waals surface area contributed by atoms with Crippen LogP contribution in [-0.2, 0) is 6.54 Å². The summed E-state index contributed by atoms with van der Waals surface area (Å²) in [5, 5.41) is 22.1. The molecule has 1 aromatic carbocycles. The lowest BCUT2D eigenvalue weighted by Gasteiger charge is -2.17. The third-order valence-electron chi connectivity index (χ3n) is 3.75. The number of carboxylic acid groups (broad SMARTS) is 1. The summed E-state index contributed by atoms with van der Waals surface area (Å²) in [5.41, 5.74) is 1.22. The van der Waals surface area contributed by atoms with Crippen LogP contribution in [0.5, 0.6) is 5.75 Å². The minimum absolute atomic E-state index is 0.213. The number of carbonyl (C=O) groups is 1. The Bertz CT molecular complexity index is 686. The van der Waals surface area contributed by atoms with Gasteiger partial charge in [-0.2, -0.15) is 0 Å². The first-order valence-electron chi connectivity index (χ1n) is 7.32. The summed E-state index contributed by atoms with van der Waals surface area (Å²) in [7, 11) is 0. The number of β-amino-alcohol motifs (C(OH)–C–C–N with tert-alkyl or cyclic N) is 1. The molecule has 2 heterocycles. The molecule has 1 saturated heterocycles. The summed E-state index contributed by atoms with van der Waals surface area (Å²) in [5.74, 6) is -0.410. The number of hydrogen-bond acceptors (Lipinski definition) is 6. The smallest absolute Gasteiger partial charge is 0.335 e. The summed E-state index contributed by atoms with van der Waals surface area (Å²) in [6, 6.07) is 6.22. The third kappa shape index (κ3) is 3.87. The van der Waals surface area contributed by atoms with Gasteiger partial charge in [-0.15, -0.1) is 11.3 Å². The number of rotatable bonds is 5. The van der Waals surface area contributed by atoms with Crippen LogP contribution < -0.4 is 4.74 Å². The average molecular weight is 334 g/mol. The van der Waals surface area contributed by atoms with Crippen molar-refractivity contribution in [1.29, 1.82) is 0 Å². The van der Waals surface area contributed by atoms with Crippen molar-refractivity contribution in [3.05, 3.63) is 45.9 Å². The van der Waals surface area contributed by atoms with Gasteiger partial charge in [0.05, 0.1) is 16.3 Å². The molecule has 2 aromatic rings. The fraction of sp³-hybridized carbons (Fsp3) is 0.375. The first kappa shape index (κ1) is 15.9. The number of aryl methyl sites for hydroxylation is 1. The molecule has 122 valence electrons. The van der Waals surface area contributed by atoms with E-state index in [4.69, 9.17) is 9.84 Å². The second-order valence-corrected chi connectivity index (χ2v) is 6.67. The summed E-state index contributed by atoms with van der Waals surface area (Å²) in [6.07, 6.45) is -0.903. The van der Waals surface area contributed by atoms with Gasteiger partial charge in [0.2, 0.25) is 0 Å². The minimum Gasteiger partial charge on any atom is -0.486 e. The van der Waals surface area contributed by atoms with Crippen molar-refractivity contribution in [2.45, 2.75) is 25.7 Å². The average Bonchev–Trinajstić information content (AvgIpc) is 3.06. The van der Waals surface area contributed by atoms with Gasteiger partial charge in [-0.1, -0.05) is 0 Å². The number of hydrogen-bond donors (Lipinski definition) is 2. The fourth-order valence-electron chi connectivity index (χ4n) is 2.64. The van der Waals surface area contributed by atoms with Gasteiger partial charge < -0.3 is 14.9 Å². The normalized spacial score (nSPS) is 21.5. The van der Waals surface area contributed by atoms with E-state index in [0.29, 0.717) is 25.4 Å². The maximum atomic E-state index is 10.8. The molecule has 0 unspecified atom stereocenters. The van der Waals surface area contributed by atoms with E-state index in [1.807, 2.05) is 12.3 Å². The highest BCUT2D eigenvalue weighted by atomic mass is 32.1. The highest BCUT2D eigenvalue weighted by molar-refractivity contribution is 7.09. The van der Waals surface area contributed by atoms with E-state index in [1.165, 1.54) is 12.1 Å². The molecule has 6 nitrogen and oxygen atoms in total. The molecule has 0 radical (unpaired) electrons. The van der Waals surface area contributed by atoms with Gasteiger partial charge in [-0.05, 0) is 31.2 Å². The molecule has 23 heavy (non-hydrogen) atoms. The number of aromatic carboxylic acids is 1. The molecule has 1 aliphatic heterocycles. The zero-order valence-electron chi connectivity index (χ0n) is 12.7. The number of carboxylic acids is 1. The monoisotopic (exact) mass is 334 g/mol. The lowest BCUT2D eigenvalue weighted by molar-refractivity contribution is 0.0693. The summed E-state index contributed by atoms with van der Waals surface area (Å²) in [6.45, 7) is 3.81. The van der Waals surface area contributed by atoms with Crippen molar-refractivity contribution in [3.8, 4) is 5.75 Å². The molecule has 3 rings (SSSR count). The van der Waals surface area contributed by atoms with Crippen LogP contribution >= 0.6 is 11.3 Å². The second-order valence-electron chi connectivity index (χ2n) is 5.61. The molecule has 0 aliphatic carbocycles. The minimum atomic E-state index is -0.970. The third-order valence-corrected chi connectivity index (χ3v) is 4.58. The van der Waals surface area contributed by atoms with Crippen LogP contribution in [0, 0.1) is 6.92 Å². The van der Waals surface area contributed by atoms with E-state index < -0.39 is 12.1 Å². The molecule has 0 amide bonds. The van der Waals surface area contributed by atoms with Crippen molar-refractivity contribution in [2.24, 2.45) is 0 Å². The van der Waals surface area contributed by atoms with Crippen molar-refractivity contribution in [3.63, 3.8) is 0 Å². The van der Waals surface area contributed by atoms with E-state index >= 15 is 0 Å². The summed E-state index contributed by atoms with van der Waals surface area (Å²) in [4.78, 5) is 17.4. The Kier molecular flexibility index (Phi) is 4.61. The molecular formula is C16H18N2O4S. The Morgan fingerprint density at radius 3 is 2.74 bits per heavy atom. The number of benzene rings is 1. The van der Waals surface area contributed by atoms with Crippen LogP contribution in [0.25, 0.3) is 0 Å². The second kappa shape index (κ2) is 6.66. The molecule has 7 heteroatoms. The molecule has 1 aliphatic rings. The Morgan fingerprint density at radius 2 is 2.13 bits per heavy atom. The Hall–Kier alpha value is -1.96. The van der Waals surface area contributed by atoms with Crippen molar-refractivity contribution in [2.75, 3.05) is 13.1 Å². The summed E-state index contributed by atoms with van der Waals surface area (Å²) >= 11 is 1.62. The molecule has 0 bridgehead atoms. The predicted octanol–water partition coefficient (Wildman–Crippen LogP) is 1.77. The van der Waals surface area contributed by atoms with Gasteiger partial charge in [0.1, 0.15) is 18.0 Å². The molecule has 1 aromatic heterocycles. The number of ether oxygens (including phenoxy) is 1. The predicted molar refractivity (Wildman–Crippen MR) is 86.0 cm³/mol. The lowest BCUT2D eigenvalue weighted by Crippen LogP contribution is -2.29. The number of thiazole rings is 1. The van der Waals surface area contributed by atoms with E-state index in [0.717, 1.165) is 10.7 Å². The van der Waals surface area contributed by atoms with Crippen LogP contribution in [0.15, 0.2) is 29.6 Å². The topological polar surface area (TPSA) is 82.9 Å². The molecule has 2 N–H and O–H groups in total. The molecule has 2 atom stereocenters. The van der Waals surface area contributed by atoms with Crippen LogP contribution in [0.4, 0.5) is 0 Å². The van der Waals surface area contributed by atoms with Gasteiger partial charge in [-0.3, -0.25) is 4.90 Å². The van der Waals surface area contributed by atoms with E-state index in [2.05, 4.69) is 9.88 Å². The van der Waals surface area contributed by atoms with Crippen LogP contribution in [0.1, 0.15) is 21.1 Å². The standard InChI is InChI=1S/C16H18N2O4S/c1-10-17-12(9-23-10)6-18-7-14(19)15(8-18)22-13-4-2-11(3-5-13)16(20)21/h2-5,9,14-15,19H,6-8H2,1H3,(H,20,21)/t14-,15-/m1/s1. The zero-order valence-corrected chi connectivity index (χ0v) is 13.5. The van der Waals surface area contributed by atoms with Gasteiger partial charge in [0.15, 0.2) is 0 Å². The first-order valence-corrected chi connectivity index (χ1v) is 8.20. The van der Waals surface area contributed by atoms with Crippen LogP contribution in [0.2, 0.25) is 0 Å². The van der Waals surface area contributed by atoms with Crippen molar-refractivity contribution in [1.82, 2.24) is 9.88 Å². The first-order chi connectivity index (χ1) is 11.0. The quantitative estimate of drug-likeness (QED) is 0.867. The molecule has 1 fully saturated rings. The highest BCUT2D eigenvalue weighted by Gasteiger charge is 2.33. The van der Waals surface area contributed by atoms with Crippen LogP contribution in [0.3, 0.4) is 0 Å². The van der Waals surface area contributed by atoms with Gasteiger partial charge >= 0.3 is 5.97 Å². The van der Waals surface area contributed by atoms with E-state index in [9.17, 15) is 9.90 Å². The summed E-state index contributed by atoms with van der Waals surface area (Å²) < 4.78 is 5.79. The number of nitrogens with zero attached hydrogens (tertiary/aromatic N) is 2. The Labute approximate surface area is 138 Å². The molecular weight excluding hydrogens is 316 g/mol. The molecule has 0 saturated carbocycles. The largest absolute Gasteiger partial charge is 0.486 e. The van der Waals surface area contributed by atoms with E-state index in [1.54, 1.807) is 23.5 Å². The maximum Gasteiger partial charge on any atom is 0.335 e.